The second kappa shape index (κ2) is 17.3. The molecular weight excluding hydrogens is 668 g/mol. The van der Waals surface area contributed by atoms with E-state index < -0.39 is 0 Å². The number of pyridine rings is 1. The largest absolute Gasteiger partial charge is 0.495 e. The van der Waals surface area contributed by atoms with Crippen LogP contribution in [0, 0.1) is 5.92 Å². The Morgan fingerprint density at radius 1 is 0.509 bits per heavy atom. The number of hydrogen-bond acceptors (Lipinski definition) is 9. The summed E-state index contributed by atoms with van der Waals surface area (Å²) in [6.07, 6.45) is 9.26. The lowest BCUT2D eigenvalue weighted by atomic mass is 9.81. The number of anilines is 1. The lowest BCUT2D eigenvalue weighted by Crippen LogP contribution is -2.38. The van der Waals surface area contributed by atoms with Crippen LogP contribution >= 0.6 is 0 Å². The van der Waals surface area contributed by atoms with Gasteiger partial charge in [0.1, 0.15) is 5.75 Å². The Hall–Kier alpha value is -5.57. The molecule has 0 radical (unpaired) electrons. The molecule has 9 nitrogen and oxygen atoms in total. The van der Waals surface area contributed by atoms with Gasteiger partial charge in [0.15, 0.2) is 23.0 Å². The Morgan fingerprint density at radius 2 is 1.06 bits per heavy atom. The first kappa shape index (κ1) is 37.2. The SMILES string of the molecule is COc1ccccc1N(Cc1cccc(-c2cc(OC)c(OC)c(OC)c2)c1)C1CCC(Cc2cncc(-c3cc(OC)c(OC)c(OC)c3)c2)CC1. The smallest absolute Gasteiger partial charge is 0.203 e. The fourth-order valence-electron chi connectivity index (χ4n) is 7.57. The van der Waals surface area contributed by atoms with E-state index in [1.807, 2.05) is 48.8 Å². The van der Waals surface area contributed by atoms with Gasteiger partial charge in [-0.05, 0) is 114 Å². The molecular formula is C44H50N2O7. The number of nitrogens with zero attached hydrogens (tertiary/aromatic N) is 2. The van der Waals surface area contributed by atoms with Gasteiger partial charge in [-0.1, -0.05) is 30.3 Å². The van der Waals surface area contributed by atoms with Gasteiger partial charge in [0.2, 0.25) is 11.5 Å². The minimum Gasteiger partial charge on any atom is -0.495 e. The van der Waals surface area contributed by atoms with Crippen molar-refractivity contribution in [3.63, 3.8) is 0 Å². The molecule has 0 amide bonds. The number of rotatable bonds is 15. The van der Waals surface area contributed by atoms with Crippen molar-refractivity contribution in [2.24, 2.45) is 5.92 Å². The molecule has 53 heavy (non-hydrogen) atoms. The summed E-state index contributed by atoms with van der Waals surface area (Å²) >= 11 is 0. The Labute approximate surface area is 313 Å². The van der Waals surface area contributed by atoms with Crippen LogP contribution in [-0.4, -0.2) is 60.8 Å². The van der Waals surface area contributed by atoms with E-state index >= 15 is 0 Å². The molecule has 0 atom stereocenters. The first-order chi connectivity index (χ1) is 25.9. The number of para-hydroxylation sites is 2. The Morgan fingerprint density at radius 3 is 1.62 bits per heavy atom. The van der Waals surface area contributed by atoms with Crippen molar-refractivity contribution in [3.05, 3.63) is 102 Å². The van der Waals surface area contributed by atoms with Crippen LogP contribution in [0.3, 0.4) is 0 Å². The van der Waals surface area contributed by atoms with Gasteiger partial charge in [-0.25, -0.2) is 0 Å². The molecule has 1 heterocycles. The zero-order valence-corrected chi connectivity index (χ0v) is 31.8. The third-order valence-electron chi connectivity index (χ3n) is 10.2. The predicted molar refractivity (Wildman–Crippen MR) is 209 cm³/mol. The van der Waals surface area contributed by atoms with Crippen molar-refractivity contribution in [3.8, 4) is 62.5 Å². The van der Waals surface area contributed by atoms with Crippen molar-refractivity contribution in [2.45, 2.75) is 44.7 Å². The van der Waals surface area contributed by atoms with Crippen LogP contribution in [0.1, 0.15) is 36.8 Å². The standard InChI is InChI=1S/C44H50N2O7/c1-47-38-14-9-8-13-37(38)46(28-30-11-10-12-32(20-30)33-22-39(48-2)43(52-6)40(23-33)49-3)36-17-15-29(16-18-36)19-31-21-35(27-45-26-31)34-24-41(50-4)44(53-7)42(25-34)51-5/h8-14,20-27,29,36H,15-19,28H2,1-7H3. The van der Waals surface area contributed by atoms with E-state index in [1.165, 1.54) is 11.1 Å². The number of hydrogen-bond donors (Lipinski definition) is 0. The molecule has 4 aromatic carbocycles. The average Bonchev–Trinajstić information content (AvgIpc) is 3.22. The van der Waals surface area contributed by atoms with Gasteiger partial charge in [0, 0.05) is 30.5 Å². The maximum Gasteiger partial charge on any atom is 0.203 e. The van der Waals surface area contributed by atoms with Crippen LogP contribution in [0.5, 0.6) is 40.2 Å². The van der Waals surface area contributed by atoms with Crippen molar-refractivity contribution < 1.29 is 33.2 Å². The molecule has 0 saturated heterocycles. The summed E-state index contributed by atoms with van der Waals surface area (Å²) < 4.78 is 39.5. The normalized spacial score (nSPS) is 15.3. The predicted octanol–water partition coefficient (Wildman–Crippen LogP) is 9.28. The monoisotopic (exact) mass is 718 g/mol. The molecule has 9 heteroatoms. The van der Waals surface area contributed by atoms with Crippen molar-refractivity contribution in [1.29, 1.82) is 0 Å². The van der Waals surface area contributed by atoms with E-state index in [1.54, 1.807) is 49.8 Å². The highest BCUT2D eigenvalue weighted by molar-refractivity contribution is 5.72. The molecule has 1 saturated carbocycles. The molecule has 1 fully saturated rings. The topological polar surface area (TPSA) is 80.7 Å². The van der Waals surface area contributed by atoms with Gasteiger partial charge < -0.3 is 38.1 Å². The van der Waals surface area contributed by atoms with Crippen molar-refractivity contribution in [2.75, 3.05) is 54.7 Å². The van der Waals surface area contributed by atoms with Crippen LogP contribution in [0.2, 0.25) is 0 Å². The van der Waals surface area contributed by atoms with E-state index in [0.717, 1.165) is 72.3 Å². The Kier molecular flexibility index (Phi) is 12.1. The summed E-state index contributed by atoms with van der Waals surface area (Å²) in [7, 11) is 11.5. The quantitative estimate of drug-likeness (QED) is 0.105. The first-order valence-corrected chi connectivity index (χ1v) is 18.0. The highest BCUT2D eigenvalue weighted by Crippen LogP contribution is 2.43. The molecule has 5 aromatic rings. The highest BCUT2D eigenvalue weighted by atomic mass is 16.5. The summed E-state index contributed by atoms with van der Waals surface area (Å²) in [5.74, 6) is 5.10. The molecule has 0 spiro atoms. The fraction of sp³-hybridized carbons (Fsp3) is 0.341. The van der Waals surface area contributed by atoms with E-state index in [0.29, 0.717) is 46.5 Å². The average molecular weight is 719 g/mol. The van der Waals surface area contributed by atoms with E-state index in [-0.39, 0.29) is 0 Å². The van der Waals surface area contributed by atoms with Gasteiger partial charge >= 0.3 is 0 Å². The number of methoxy groups -OCH3 is 7. The van der Waals surface area contributed by atoms with E-state index in [2.05, 4.69) is 52.3 Å². The Balaban J connectivity index is 1.21. The van der Waals surface area contributed by atoms with Crippen molar-refractivity contribution in [1.82, 2.24) is 4.98 Å². The summed E-state index contributed by atoms with van der Waals surface area (Å²) in [6, 6.07) is 27.6. The van der Waals surface area contributed by atoms with Crippen LogP contribution in [0.25, 0.3) is 22.3 Å². The maximum absolute atomic E-state index is 5.90. The lowest BCUT2D eigenvalue weighted by molar-refractivity contribution is 0.310. The molecule has 0 unspecified atom stereocenters. The molecule has 1 aliphatic rings. The molecule has 0 aliphatic heterocycles. The summed E-state index contributed by atoms with van der Waals surface area (Å²) in [6.45, 7) is 0.745. The first-order valence-electron chi connectivity index (χ1n) is 18.0. The van der Waals surface area contributed by atoms with Gasteiger partial charge in [-0.15, -0.1) is 0 Å². The molecule has 6 rings (SSSR count). The third kappa shape index (κ3) is 8.25. The van der Waals surface area contributed by atoms with E-state index in [4.69, 9.17) is 33.2 Å². The second-order valence-corrected chi connectivity index (χ2v) is 13.3. The second-order valence-electron chi connectivity index (χ2n) is 13.3. The molecule has 0 bridgehead atoms. The van der Waals surface area contributed by atoms with Crippen LogP contribution < -0.4 is 38.1 Å². The Bertz CT molecular complexity index is 1940. The van der Waals surface area contributed by atoms with Crippen LogP contribution in [0.15, 0.2) is 91.3 Å². The molecule has 1 aliphatic carbocycles. The van der Waals surface area contributed by atoms with Gasteiger partial charge in [-0.3, -0.25) is 4.98 Å². The summed E-state index contributed by atoms with van der Waals surface area (Å²) in [5, 5.41) is 0. The van der Waals surface area contributed by atoms with Gasteiger partial charge in [0.05, 0.1) is 55.5 Å². The van der Waals surface area contributed by atoms with E-state index in [9.17, 15) is 0 Å². The lowest BCUT2D eigenvalue weighted by Gasteiger charge is -2.39. The van der Waals surface area contributed by atoms with Crippen molar-refractivity contribution >= 4 is 5.69 Å². The minimum absolute atomic E-state index is 0.357. The van der Waals surface area contributed by atoms with Crippen LogP contribution in [-0.2, 0) is 13.0 Å². The number of aromatic nitrogens is 1. The molecule has 278 valence electrons. The molecule has 1 aromatic heterocycles. The van der Waals surface area contributed by atoms with Crippen LogP contribution in [0.4, 0.5) is 5.69 Å². The van der Waals surface area contributed by atoms with Gasteiger partial charge in [-0.2, -0.15) is 0 Å². The summed E-state index contributed by atoms with van der Waals surface area (Å²) in [5.41, 5.74) is 7.61. The fourth-order valence-corrected chi connectivity index (χ4v) is 7.57. The van der Waals surface area contributed by atoms with Gasteiger partial charge in [0.25, 0.3) is 0 Å². The summed E-state index contributed by atoms with van der Waals surface area (Å²) in [4.78, 5) is 7.17. The zero-order valence-electron chi connectivity index (χ0n) is 31.8. The number of benzene rings is 4. The zero-order chi connectivity index (χ0) is 37.3. The third-order valence-corrected chi connectivity index (χ3v) is 10.2. The molecule has 0 N–H and O–H groups in total. The minimum atomic E-state index is 0.357. The number of ether oxygens (including phenoxy) is 7. The maximum atomic E-state index is 5.90. The highest BCUT2D eigenvalue weighted by Gasteiger charge is 2.28.